The molecule has 1 amide bonds. The third kappa shape index (κ3) is 6.88. The van der Waals surface area contributed by atoms with Gasteiger partial charge in [-0.3, -0.25) is 9.69 Å². The summed E-state index contributed by atoms with van der Waals surface area (Å²) in [6.45, 7) is 9.83. The van der Waals surface area contributed by atoms with E-state index in [9.17, 15) is 4.79 Å². The molecular weight excluding hydrogens is 336 g/mol. The van der Waals surface area contributed by atoms with Crippen LogP contribution in [0.25, 0.3) is 0 Å². The van der Waals surface area contributed by atoms with E-state index in [1.54, 1.807) is 18.9 Å². The number of nitrogens with one attached hydrogen (secondary N) is 1. The number of nitrogens with zero attached hydrogens (tertiary/aromatic N) is 1. The Hall–Kier alpha value is -1.24. The van der Waals surface area contributed by atoms with Gasteiger partial charge in [-0.1, -0.05) is 0 Å². The normalized spacial score (nSPS) is 22.4. The van der Waals surface area contributed by atoms with E-state index in [1.807, 2.05) is 31.2 Å². The van der Waals surface area contributed by atoms with E-state index in [2.05, 4.69) is 24.1 Å². The number of benzene rings is 1. The van der Waals surface area contributed by atoms with Gasteiger partial charge in [-0.15, -0.1) is 11.8 Å². The molecule has 1 fully saturated rings. The lowest BCUT2D eigenvalue weighted by molar-refractivity contribution is -0.120. The van der Waals surface area contributed by atoms with Crippen LogP contribution in [0.15, 0.2) is 29.2 Å². The number of hydrogen-bond donors (Lipinski definition) is 1. The molecule has 1 aromatic carbocycles. The highest BCUT2D eigenvalue weighted by Gasteiger charge is 2.21. The predicted octanol–water partition coefficient (Wildman–Crippen LogP) is 2.79. The first-order valence-corrected chi connectivity index (χ1v) is 9.82. The second-order valence-corrected chi connectivity index (χ2v) is 8.01. The van der Waals surface area contributed by atoms with E-state index >= 15 is 0 Å². The van der Waals surface area contributed by atoms with Gasteiger partial charge in [-0.05, 0) is 51.5 Å². The molecule has 0 spiro atoms. The van der Waals surface area contributed by atoms with Crippen LogP contribution in [0.5, 0.6) is 5.75 Å². The molecule has 3 atom stereocenters. The van der Waals surface area contributed by atoms with E-state index in [-0.39, 0.29) is 11.2 Å². The molecule has 5 nitrogen and oxygen atoms in total. The molecular formula is C19H30N2O3S. The quantitative estimate of drug-likeness (QED) is 0.566. The van der Waals surface area contributed by atoms with Crippen LogP contribution < -0.4 is 10.1 Å². The van der Waals surface area contributed by atoms with Gasteiger partial charge in [0.15, 0.2) is 0 Å². The zero-order valence-corrected chi connectivity index (χ0v) is 16.5. The minimum atomic E-state index is -0.114. The van der Waals surface area contributed by atoms with E-state index in [0.717, 1.165) is 36.7 Å². The fraction of sp³-hybridized carbons (Fsp3) is 0.632. The van der Waals surface area contributed by atoms with Crippen LogP contribution in [0.4, 0.5) is 0 Å². The molecule has 3 unspecified atom stereocenters. The Morgan fingerprint density at radius 2 is 1.96 bits per heavy atom. The Kier molecular flexibility index (Phi) is 8.06. The molecule has 0 radical (unpaired) electrons. The largest absolute Gasteiger partial charge is 0.497 e. The summed E-state index contributed by atoms with van der Waals surface area (Å²) in [7, 11) is 1.65. The molecule has 0 aliphatic carbocycles. The summed E-state index contributed by atoms with van der Waals surface area (Å²) in [4.78, 5) is 15.7. The highest BCUT2D eigenvalue weighted by molar-refractivity contribution is 8.00. The minimum Gasteiger partial charge on any atom is -0.497 e. The van der Waals surface area contributed by atoms with E-state index in [4.69, 9.17) is 9.47 Å². The van der Waals surface area contributed by atoms with Crippen molar-refractivity contribution >= 4 is 17.7 Å². The lowest BCUT2D eigenvalue weighted by Crippen LogP contribution is -2.46. The molecule has 1 heterocycles. The van der Waals surface area contributed by atoms with Crippen LogP contribution in [0.2, 0.25) is 0 Å². The van der Waals surface area contributed by atoms with Crippen molar-refractivity contribution in [2.45, 2.75) is 49.5 Å². The number of amides is 1. The maximum absolute atomic E-state index is 12.2. The number of hydrogen-bond acceptors (Lipinski definition) is 5. The van der Waals surface area contributed by atoms with Gasteiger partial charge in [0.2, 0.25) is 5.91 Å². The Balaban J connectivity index is 1.65. The number of morpholine rings is 1. The van der Waals surface area contributed by atoms with Crippen molar-refractivity contribution in [1.82, 2.24) is 10.2 Å². The highest BCUT2D eigenvalue weighted by atomic mass is 32.2. The first-order chi connectivity index (χ1) is 12.0. The number of ether oxygens (including phenoxy) is 2. The van der Waals surface area contributed by atoms with Gasteiger partial charge in [-0.2, -0.15) is 0 Å². The molecule has 1 aliphatic heterocycles. The zero-order valence-electron chi connectivity index (χ0n) is 15.7. The SMILES string of the molecule is COc1ccc(SC(C)C(=O)NCCCN2CC(C)OC(C)C2)cc1. The Labute approximate surface area is 155 Å². The van der Waals surface area contributed by atoms with Gasteiger partial charge in [0, 0.05) is 31.1 Å². The van der Waals surface area contributed by atoms with Gasteiger partial charge in [0.05, 0.1) is 24.6 Å². The average molecular weight is 367 g/mol. The zero-order chi connectivity index (χ0) is 18.2. The van der Waals surface area contributed by atoms with Crippen molar-refractivity contribution in [2.24, 2.45) is 0 Å². The molecule has 25 heavy (non-hydrogen) atoms. The van der Waals surface area contributed by atoms with Crippen LogP contribution in [0.3, 0.4) is 0 Å². The number of rotatable bonds is 8. The second kappa shape index (κ2) is 10.0. The predicted molar refractivity (Wildman–Crippen MR) is 102 cm³/mol. The average Bonchev–Trinajstić information content (AvgIpc) is 2.58. The molecule has 1 N–H and O–H groups in total. The number of carbonyl (C=O) groups excluding carboxylic acids is 1. The van der Waals surface area contributed by atoms with Crippen molar-refractivity contribution in [2.75, 3.05) is 33.3 Å². The number of carbonyl (C=O) groups is 1. The van der Waals surface area contributed by atoms with Gasteiger partial charge < -0.3 is 14.8 Å². The fourth-order valence-electron chi connectivity index (χ4n) is 3.04. The molecule has 0 bridgehead atoms. The summed E-state index contributed by atoms with van der Waals surface area (Å²) in [6, 6.07) is 7.79. The third-order valence-corrected chi connectivity index (χ3v) is 5.30. The maximum atomic E-state index is 12.2. The molecule has 1 saturated heterocycles. The first kappa shape index (κ1) is 20.1. The summed E-state index contributed by atoms with van der Waals surface area (Å²) in [5.74, 6) is 0.915. The Morgan fingerprint density at radius 1 is 1.32 bits per heavy atom. The molecule has 2 rings (SSSR count). The van der Waals surface area contributed by atoms with Gasteiger partial charge in [0.1, 0.15) is 5.75 Å². The summed E-state index contributed by atoms with van der Waals surface area (Å²) < 4.78 is 10.9. The van der Waals surface area contributed by atoms with Crippen LogP contribution >= 0.6 is 11.8 Å². The van der Waals surface area contributed by atoms with Crippen molar-refractivity contribution in [3.05, 3.63) is 24.3 Å². The van der Waals surface area contributed by atoms with Crippen molar-refractivity contribution in [3.63, 3.8) is 0 Å². The number of thioether (sulfide) groups is 1. The van der Waals surface area contributed by atoms with Crippen LogP contribution in [-0.4, -0.2) is 61.6 Å². The highest BCUT2D eigenvalue weighted by Crippen LogP contribution is 2.25. The van der Waals surface area contributed by atoms with Gasteiger partial charge in [0.25, 0.3) is 0 Å². The Morgan fingerprint density at radius 3 is 2.56 bits per heavy atom. The fourth-order valence-corrected chi connectivity index (χ4v) is 3.93. The molecule has 140 valence electrons. The van der Waals surface area contributed by atoms with Crippen LogP contribution in [0.1, 0.15) is 27.2 Å². The maximum Gasteiger partial charge on any atom is 0.233 e. The van der Waals surface area contributed by atoms with Crippen molar-refractivity contribution in [3.8, 4) is 5.75 Å². The van der Waals surface area contributed by atoms with E-state index in [1.165, 1.54) is 0 Å². The summed E-state index contributed by atoms with van der Waals surface area (Å²) in [5, 5.41) is 2.93. The monoisotopic (exact) mass is 366 g/mol. The smallest absolute Gasteiger partial charge is 0.233 e. The molecule has 1 aromatic rings. The van der Waals surface area contributed by atoms with E-state index in [0.29, 0.717) is 18.8 Å². The summed E-state index contributed by atoms with van der Waals surface area (Å²) in [5.41, 5.74) is 0. The lowest BCUT2D eigenvalue weighted by atomic mass is 10.2. The number of methoxy groups -OCH3 is 1. The summed E-state index contributed by atoms with van der Waals surface area (Å²) in [6.07, 6.45) is 1.55. The third-order valence-electron chi connectivity index (χ3n) is 4.19. The second-order valence-electron chi connectivity index (χ2n) is 6.60. The van der Waals surface area contributed by atoms with Crippen LogP contribution in [0, 0.1) is 0 Å². The standard InChI is InChI=1S/C19H30N2O3S/c1-14-12-21(13-15(2)24-14)11-5-10-20-19(22)16(3)25-18-8-6-17(23-4)7-9-18/h6-9,14-16H,5,10-13H2,1-4H3,(H,20,22). The summed E-state index contributed by atoms with van der Waals surface area (Å²) >= 11 is 1.56. The molecule has 1 aliphatic rings. The first-order valence-electron chi connectivity index (χ1n) is 8.94. The van der Waals surface area contributed by atoms with Crippen molar-refractivity contribution in [1.29, 1.82) is 0 Å². The van der Waals surface area contributed by atoms with Crippen LogP contribution in [-0.2, 0) is 9.53 Å². The molecule has 0 aromatic heterocycles. The van der Waals surface area contributed by atoms with Crippen molar-refractivity contribution < 1.29 is 14.3 Å². The topological polar surface area (TPSA) is 50.8 Å². The molecule has 6 heteroatoms. The lowest BCUT2D eigenvalue weighted by Gasteiger charge is -2.35. The van der Waals surface area contributed by atoms with E-state index < -0.39 is 0 Å². The minimum absolute atomic E-state index is 0.0875. The Bertz CT molecular complexity index is 528. The van der Waals surface area contributed by atoms with Gasteiger partial charge in [-0.25, -0.2) is 0 Å². The van der Waals surface area contributed by atoms with Gasteiger partial charge >= 0.3 is 0 Å². The molecule has 0 saturated carbocycles.